The van der Waals surface area contributed by atoms with Gasteiger partial charge in [-0.25, -0.2) is 4.79 Å². The van der Waals surface area contributed by atoms with Crippen LogP contribution in [0, 0.1) is 12.8 Å². The average molecular weight is 332 g/mol. The highest BCUT2D eigenvalue weighted by Crippen LogP contribution is 2.49. The molecule has 1 aliphatic heterocycles. The van der Waals surface area contributed by atoms with Crippen molar-refractivity contribution in [2.75, 3.05) is 33.4 Å². The first-order valence-electron chi connectivity index (χ1n) is 8.81. The van der Waals surface area contributed by atoms with Crippen LogP contribution in [0.3, 0.4) is 0 Å². The first-order valence-corrected chi connectivity index (χ1v) is 8.81. The molecule has 0 bridgehead atoms. The van der Waals surface area contributed by atoms with Crippen LogP contribution < -0.4 is 5.32 Å². The Morgan fingerprint density at radius 3 is 3.08 bits per heavy atom. The Morgan fingerprint density at radius 2 is 2.33 bits per heavy atom. The van der Waals surface area contributed by atoms with Gasteiger partial charge in [0, 0.05) is 19.7 Å². The Kier molecular flexibility index (Phi) is 5.41. The van der Waals surface area contributed by atoms with Crippen molar-refractivity contribution in [2.45, 2.75) is 38.3 Å². The summed E-state index contributed by atoms with van der Waals surface area (Å²) in [4.78, 5) is 14.3. The first-order chi connectivity index (χ1) is 11.6. The Labute approximate surface area is 144 Å². The minimum absolute atomic E-state index is 0.0156. The minimum atomic E-state index is -0.0224. The fourth-order valence-electron chi connectivity index (χ4n) is 3.63. The zero-order valence-electron chi connectivity index (χ0n) is 14.8. The van der Waals surface area contributed by atoms with Crippen molar-refractivity contribution < 1.29 is 14.3 Å². The lowest BCUT2D eigenvalue weighted by Gasteiger charge is -2.33. The highest BCUT2D eigenvalue weighted by atomic mass is 16.5. The highest BCUT2D eigenvalue weighted by molar-refractivity contribution is 5.74. The Bertz CT molecular complexity index is 575. The van der Waals surface area contributed by atoms with Crippen molar-refractivity contribution in [2.24, 2.45) is 5.92 Å². The smallest absolute Gasteiger partial charge is 0.317 e. The van der Waals surface area contributed by atoms with Crippen molar-refractivity contribution in [3.63, 3.8) is 0 Å². The van der Waals surface area contributed by atoms with Gasteiger partial charge < -0.3 is 19.7 Å². The monoisotopic (exact) mass is 332 g/mol. The van der Waals surface area contributed by atoms with E-state index in [-0.39, 0.29) is 18.2 Å². The predicted molar refractivity (Wildman–Crippen MR) is 93.2 cm³/mol. The van der Waals surface area contributed by atoms with Crippen LogP contribution in [-0.2, 0) is 9.47 Å². The maximum Gasteiger partial charge on any atom is 0.317 e. The van der Waals surface area contributed by atoms with E-state index in [2.05, 4.69) is 43.4 Å². The molecule has 1 aromatic carbocycles. The Hall–Kier alpha value is -1.59. The molecule has 4 atom stereocenters. The molecule has 0 unspecified atom stereocenters. The van der Waals surface area contributed by atoms with Gasteiger partial charge in [-0.1, -0.05) is 29.8 Å². The van der Waals surface area contributed by atoms with Gasteiger partial charge in [0.15, 0.2) is 0 Å². The van der Waals surface area contributed by atoms with Crippen LogP contribution in [0.4, 0.5) is 4.79 Å². The van der Waals surface area contributed by atoms with Gasteiger partial charge >= 0.3 is 6.03 Å². The topological polar surface area (TPSA) is 50.8 Å². The second-order valence-electron chi connectivity index (χ2n) is 7.05. The molecule has 5 nitrogen and oxygen atoms in total. The van der Waals surface area contributed by atoms with Gasteiger partial charge in [-0.05, 0) is 37.7 Å². The van der Waals surface area contributed by atoms with Crippen molar-refractivity contribution in [1.29, 1.82) is 0 Å². The number of carbonyl (C=O) groups is 1. The summed E-state index contributed by atoms with van der Waals surface area (Å²) in [6.07, 6.45) is 1.13. The third-order valence-electron chi connectivity index (χ3n) is 5.08. The number of nitrogens with one attached hydrogen (secondary N) is 1. The summed E-state index contributed by atoms with van der Waals surface area (Å²) in [5.41, 5.74) is 2.69. The van der Waals surface area contributed by atoms with Crippen molar-refractivity contribution in [3.8, 4) is 0 Å². The van der Waals surface area contributed by atoms with E-state index < -0.39 is 0 Å². The van der Waals surface area contributed by atoms with E-state index in [0.717, 1.165) is 6.42 Å². The fraction of sp³-hybridized carbons (Fsp3) is 0.632. The van der Waals surface area contributed by atoms with Crippen LogP contribution >= 0.6 is 0 Å². The van der Waals surface area contributed by atoms with Crippen LogP contribution in [0.2, 0.25) is 0 Å². The molecule has 3 rings (SSSR count). The third-order valence-corrected chi connectivity index (χ3v) is 5.08. The summed E-state index contributed by atoms with van der Waals surface area (Å²) in [5.74, 6) is 1.11. The molecule has 1 saturated heterocycles. The van der Waals surface area contributed by atoms with Crippen LogP contribution in [0.15, 0.2) is 24.3 Å². The standard InChI is InChI=1S/C19H28N2O3/c1-13-5-4-6-15(9-13)18-10-17(18)14(2)20-19(22)21-7-8-24-16(11-21)12-23-3/h4-6,9,14,16-18H,7-8,10-12H2,1-3H3,(H,20,22)/t14-,16+,17+,18+/m1/s1. The number of amides is 2. The predicted octanol–water partition coefficient (Wildman–Crippen LogP) is 2.54. The number of nitrogens with zero attached hydrogens (tertiary/aromatic N) is 1. The highest BCUT2D eigenvalue weighted by Gasteiger charge is 2.43. The summed E-state index contributed by atoms with van der Waals surface area (Å²) in [6.45, 7) is 6.58. The number of hydrogen-bond acceptors (Lipinski definition) is 3. The third kappa shape index (κ3) is 4.08. The molecular formula is C19H28N2O3. The molecule has 1 N–H and O–H groups in total. The number of urea groups is 1. The van der Waals surface area contributed by atoms with E-state index in [9.17, 15) is 4.79 Å². The summed E-state index contributed by atoms with van der Waals surface area (Å²) < 4.78 is 10.7. The molecule has 24 heavy (non-hydrogen) atoms. The van der Waals surface area contributed by atoms with E-state index in [1.54, 1.807) is 7.11 Å². The summed E-state index contributed by atoms with van der Waals surface area (Å²) in [5, 5.41) is 3.18. The lowest BCUT2D eigenvalue weighted by atomic mass is 10.0. The summed E-state index contributed by atoms with van der Waals surface area (Å²) in [7, 11) is 1.66. The second kappa shape index (κ2) is 7.53. The summed E-state index contributed by atoms with van der Waals surface area (Å²) in [6, 6.07) is 8.90. The fourth-order valence-corrected chi connectivity index (χ4v) is 3.63. The van der Waals surface area contributed by atoms with Gasteiger partial charge in [0.2, 0.25) is 0 Å². The molecule has 5 heteroatoms. The van der Waals surface area contributed by atoms with Crippen LogP contribution in [0.25, 0.3) is 0 Å². The van der Waals surface area contributed by atoms with Gasteiger partial charge in [-0.3, -0.25) is 0 Å². The Balaban J connectivity index is 1.50. The quantitative estimate of drug-likeness (QED) is 0.901. The van der Waals surface area contributed by atoms with Gasteiger partial charge in [0.05, 0.1) is 25.9 Å². The molecule has 2 aliphatic rings. The number of aryl methyl sites for hydroxylation is 1. The molecule has 2 fully saturated rings. The normalized spacial score (nSPS) is 27.6. The Morgan fingerprint density at radius 1 is 1.50 bits per heavy atom. The van der Waals surface area contributed by atoms with Gasteiger partial charge in [0.1, 0.15) is 0 Å². The SMILES string of the molecule is COC[C@@H]1CN(C(=O)N[C@H](C)[C@@H]2C[C@H]2c2cccc(C)c2)CCO1. The number of benzene rings is 1. The van der Waals surface area contributed by atoms with Crippen molar-refractivity contribution in [1.82, 2.24) is 10.2 Å². The van der Waals surface area contributed by atoms with Crippen LogP contribution in [0.5, 0.6) is 0 Å². The zero-order chi connectivity index (χ0) is 17.1. The molecule has 0 aromatic heterocycles. The lowest BCUT2D eigenvalue weighted by molar-refractivity contribution is -0.0496. The number of rotatable bonds is 5. The van der Waals surface area contributed by atoms with Gasteiger partial charge in [-0.2, -0.15) is 0 Å². The number of methoxy groups -OCH3 is 1. The molecule has 1 saturated carbocycles. The average Bonchev–Trinajstić information content (AvgIpc) is 3.36. The largest absolute Gasteiger partial charge is 0.382 e. The van der Waals surface area contributed by atoms with E-state index in [4.69, 9.17) is 9.47 Å². The molecule has 1 heterocycles. The van der Waals surface area contributed by atoms with Crippen LogP contribution in [-0.4, -0.2) is 56.5 Å². The van der Waals surface area contributed by atoms with Crippen LogP contribution in [0.1, 0.15) is 30.4 Å². The van der Waals surface area contributed by atoms with Crippen molar-refractivity contribution in [3.05, 3.63) is 35.4 Å². The molecular weight excluding hydrogens is 304 g/mol. The number of ether oxygens (including phenoxy) is 2. The first kappa shape index (κ1) is 17.2. The van der Waals surface area contributed by atoms with E-state index in [1.165, 1.54) is 11.1 Å². The summed E-state index contributed by atoms with van der Waals surface area (Å²) >= 11 is 0. The van der Waals surface area contributed by atoms with E-state index in [0.29, 0.717) is 38.1 Å². The molecule has 0 radical (unpaired) electrons. The maximum atomic E-state index is 12.5. The number of morpholine rings is 1. The molecule has 1 aromatic rings. The maximum absolute atomic E-state index is 12.5. The number of carbonyl (C=O) groups excluding carboxylic acids is 1. The zero-order valence-corrected chi connectivity index (χ0v) is 14.8. The molecule has 1 aliphatic carbocycles. The van der Waals surface area contributed by atoms with E-state index in [1.807, 2.05) is 4.90 Å². The van der Waals surface area contributed by atoms with Crippen molar-refractivity contribution >= 4 is 6.03 Å². The minimum Gasteiger partial charge on any atom is -0.382 e. The van der Waals surface area contributed by atoms with E-state index >= 15 is 0 Å². The molecule has 2 amide bonds. The molecule has 132 valence electrons. The van der Waals surface area contributed by atoms with Gasteiger partial charge in [-0.15, -0.1) is 0 Å². The lowest BCUT2D eigenvalue weighted by Crippen LogP contribution is -2.52. The second-order valence-corrected chi connectivity index (χ2v) is 7.05. The van der Waals surface area contributed by atoms with Gasteiger partial charge in [0.25, 0.3) is 0 Å². The number of hydrogen-bond donors (Lipinski definition) is 1. The molecule has 0 spiro atoms.